The maximum absolute atomic E-state index is 12.3. The Kier molecular flexibility index (Phi) is 4.18. The molecule has 0 saturated heterocycles. The van der Waals surface area contributed by atoms with Crippen molar-refractivity contribution >= 4 is 44.8 Å². The van der Waals surface area contributed by atoms with Gasteiger partial charge in [0.15, 0.2) is 10.3 Å². The molecule has 122 valence electrons. The van der Waals surface area contributed by atoms with E-state index in [9.17, 15) is 4.79 Å². The second-order valence-electron chi connectivity index (χ2n) is 5.29. The van der Waals surface area contributed by atoms with Crippen molar-refractivity contribution in [1.29, 1.82) is 0 Å². The van der Waals surface area contributed by atoms with E-state index in [0.717, 1.165) is 18.5 Å². The molecule has 9 heteroatoms. The molecule has 1 aliphatic carbocycles. The molecule has 2 N–H and O–H groups in total. The third-order valence-electron chi connectivity index (χ3n) is 3.59. The predicted molar refractivity (Wildman–Crippen MR) is 94.1 cm³/mol. The second-order valence-corrected chi connectivity index (χ2v) is 7.23. The molecule has 0 unspecified atom stereocenters. The minimum Gasteiger partial charge on any atom is -0.300 e. The monoisotopic (exact) mass is 358 g/mol. The number of anilines is 3. The molecule has 0 aliphatic heterocycles. The molecule has 0 aromatic carbocycles. The van der Waals surface area contributed by atoms with Crippen molar-refractivity contribution in [2.24, 2.45) is 0 Å². The average molecular weight is 358 g/mol. The lowest BCUT2D eigenvalue weighted by Gasteiger charge is -2.06. The number of carbonyl (C=O) groups is 1. The number of aromatic nitrogens is 4. The van der Waals surface area contributed by atoms with Gasteiger partial charge in [0.2, 0.25) is 5.95 Å². The van der Waals surface area contributed by atoms with Gasteiger partial charge in [-0.1, -0.05) is 0 Å². The van der Waals surface area contributed by atoms with E-state index >= 15 is 0 Å². The Bertz CT molecular complexity index is 836. The van der Waals surface area contributed by atoms with E-state index in [2.05, 4.69) is 30.6 Å². The van der Waals surface area contributed by atoms with Crippen molar-refractivity contribution in [2.45, 2.75) is 25.7 Å². The molecular formula is C15H14N6OS2. The molecule has 3 aromatic heterocycles. The maximum atomic E-state index is 12.3. The number of hydrogen-bond donors (Lipinski definition) is 2. The first-order chi connectivity index (χ1) is 11.8. The van der Waals surface area contributed by atoms with E-state index < -0.39 is 0 Å². The molecule has 0 radical (unpaired) electrons. The summed E-state index contributed by atoms with van der Waals surface area (Å²) in [5.41, 5.74) is 1.48. The summed E-state index contributed by atoms with van der Waals surface area (Å²) in [5, 5.41) is 8.75. The van der Waals surface area contributed by atoms with Crippen LogP contribution in [-0.2, 0) is 12.8 Å². The van der Waals surface area contributed by atoms with Crippen LogP contribution in [0.5, 0.6) is 0 Å². The van der Waals surface area contributed by atoms with Crippen LogP contribution in [0.1, 0.15) is 33.9 Å². The van der Waals surface area contributed by atoms with Gasteiger partial charge in [0.1, 0.15) is 5.69 Å². The van der Waals surface area contributed by atoms with Gasteiger partial charge in [0.05, 0.1) is 5.69 Å². The number of fused-ring (bicyclic) bond motifs is 1. The van der Waals surface area contributed by atoms with Crippen molar-refractivity contribution in [3.63, 3.8) is 0 Å². The first-order valence-corrected chi connectivity index (χ1v) is 9.27. The zero-order valence-corrected chi connectivity index (χ0v) is 14.3. The molecule has 7 nitrogen and oxygen atoms in total. The number of amides is 1. The van der Waals surface area contributed by atoms with Gasteiger partial charge >= 0.3 is 0 Å². The van der Waals surface area contributed by atoms with Gasteiger partial charge in [0, 0.05) is 22.7 Å². The summed E-state index contributed by atoms with van der Waals surface area (Å²) in [6.07, 6.45) is 7.72. The Morgan fingerprint density at radius 2 is 1.92 bits per heavy atom. The Morgan fingerprint density at radius 3 is 2.75 bits per heavy atom. The van der Waals surface area contributed by atoms with Gasteiger partial charge in [-0.2, -0.15) is 0 Å². The van der Waals surface area contributed by atoms with Crippen LogP contribution in [0, 0.1) is 0 Å². The molecular weight excluding hydrogens is 344 g/mol. The van der Waals surface area contributed by atoms with Crippen molar-refractivity contribution in [3.05, 3.63) is 40.1 Å². The van der Waals surface area contributed by atoms with Gasteiger partial charge < -0.3 is 5.32 Å². The van der Waals surface area contributed by atoms with Crippen LogP contribution < -0.4 is 10.6 Å². The van der Waals surface area contributed by atoms with Crippen LogP contribution in [0.25, 0.3) is 0 Å². The van der Waals surface area contributed by atoms with E-state index in [1.165, 1.54) is 29.1 Å². The minimum absolute atomic E-state index is 0.251. The number of nitrogens with one attached hydrogen (secondary N) is 2. The SMILES string of the molecule is O=C(Nc1nc2c(s1)CCCC2)c1csc(Nc2ncccn2)n1. The standard InChI is InChI=1S/C15H14N6OS2/c22-12(20-15-18-9-4-1-2-5-11(9)24-15)10-8-23-14(19-10)21-13-16-6-3-7-17-13/h3,6-8H,1-2,4-5H2,(H,18,20,22)(H,16,17,19,21). The molecule has 3 aromatic rings. The highest BCUT2D eigenvalue weighted by molar-refractivity contribution is 7.16. The number of rotatable bonds is 4. The van der Waals surface area contributed by atoms with E-state index in [1.807, 2.05) is 0 Å². The molecule has 24 heavy (non-hydrogen) atoms. The summed E-state index contributed by atoms with van der Waals surface area (Å²) in [4.78, 5) is 30.6. The van der Waals surface area contributed by atoms with Gasteiger partial charge in [-0.05, 0) is 31.7 Å². The van der Waals surface area contributed by atoms with Gasteiger partial charge in [-0.25, -0.2) is 19.9 Å². The first-order valence-electron chi connectivity index (χ1n) is 7.57. The van der Waals surface area contributed by atoms with Crippen molar-refractivity contribution in [1.82, 2.24) is 19.9 Å². The number of carbonyl (C=O) groups excluding carboxylic acids is 1. The maximum Gasteiger partial charge on any atom is 0.276 e. The highest BCUT2D eigenvalue weighted by Gasteiger charge is 2.18. The number of nitrogens with zero attached hydrogens (tertiary/aromatic N) is 4. The lowest BCUT2D eigenvalue weighted by molar-refractivity contribution is 0.102. The summed E-state index contributed by atoms with van der Waals surface area (Å²) in [7, 11) is 0. The summed E-state index contributed by atoms with van der Waals surface area (Å²) in [6.45, 7) is 0. The van der Waals surface area contributed by atoms with Gasteiger partial charge in [-0.15, -0.1) is 22.7 Å². The molecule has 0 fully saturated rings. The fourth-order valence-electron chi connectivity index (χ4n) is 2.46. The number of thiazole rings is 2. The smallest absolute Gasteiger partial charge is 0.276 e. The third kappa shape index (κ3) is 3.26. The van der Waals surface area contributed by atoms with Crippen LogP contribution in [0.4, 0.5) is 16.2 Å². The third-order valence-corrected chi connectivity index (χ3v) is 5.42. The van der Waals surface area contributed by atoms with E-state index in [0.29, 0.717) is 21.9 Å². The fourth-order valence-corrected chi connectivity index (χ4v) is 4.19. The summed E-state index contributed by atoms with van der Waals surface area (Å²) < 4.78 is 0. The minimum atomic E-state index is -0.251. The van der Waals surface area contributed by atoms with Crippen LogP contribution >= 0.6 is 22.7 Å². The molecule has 3 heterocycles. The van der Waals surface area contributed by atoms with Gasteiger partial charge in [-0.3, -0.25) is 10.1 Å². The Balaban J connectivity index is 1.44. The van der Waals surface area contributed by atoms with Gasteiger partial charge in [0.25, 0.3) is 5.91 Å². The number of hydrogen-bond acceptors (Lipinski definition) is 8. The van der Waals surface area contributed by atoms with E-state index in [1.54, 1.807) is 35.2 Å². The Morgan fingerprint density at radius 1 is 1.08 bits per heavy atom. The summed E-state index contributed by atoms with van der Waals surface area (Å²) >= 11 is 2.90. The zero-order valence-electron chi connectivity index (χ0n) is 12.7. The molecule has 4 rings (SSSR count). The van der Waals surface area contributed by atoms with E-state index in [4.69, 9.17) is 0 Å². The van der Waals surface area contributed by atoms with Crippen LogP contribution in [0.3, 0.4) is 0 Å². The predicted octanol–water partition coefficient (Wildman–Crippen LogP) is 3.26. The highest BCUT2D eigenvalue weighted by atomic mass is 32.1. The Labute approximate surface area is 146 Å². The number of aryl methyl sites for hydroxylation is 2. The van der Waals surface area contributed by atoms with Crippen LogP contribution in [-0.4, -0.2) is 25.8 Å². The van der Waals surface area contributed by atoms with Crippen molar-refractivity contribution in [2.75, 3.05) is 10.6 Å². The van der Waals surface area contributed by atoms with Crippen molar-refractivity contribution < 1.29 is 4.79 Å². The normalized spacial score (nSPS) is 13.3. The first kappa shape index (κ1) is 15.2. The lowest BCUT2D eigenvalue weighted by Crippen LogP contribution is -2.12. The Hall–Kier alpha value is -2.39. The van der Waals surface area contributed by atoms with Crippen LogP contribution in [0.15, 0.2) is 23.8 Å². The lowest BCUT2D eigenvalue weighted by atomic mass is 10.0. The molecule has 0 spiro atoms. The summed E-state index contributed by atoms with van der Waals surface area (Å²) in [5.74, 6) is 0.200. The highest BCUT2D eigenvalue weighted by Crippen LogP contribution is 2.30. The van der Waals surface area contributed by atoms with E-state index in [-0.39, 0.29) is 5.91 Å². The fraction of sp³-hybridized carbons (Fsp3) is 0.267. The molecule has 0 atom stereocenters. The molecule has 1 aliphatic rings. The molecule has 0 bridgehead atoms. The second kappa shape index (κ2) is 6.62. The largest absolute Gasteiger partial charge is 0.300 e. The molecule has 1 amide bonds. The van der Waals surface area contributed by atoms with Crippen molar-refractivity contribution in [3.8, 4) is 0 Å². The zero-order chi connectivity index (χ0) is 16.4. The average Bonchev–Trinajstić information content (AvgIpc) is 3.22. The molecule has 0 saturated carbocycles. The summed E-state index contributed by atoms with van der Waals surface area (Å²) in [6, 6.07) is 1.74. The van der Waals surface area contributed by atoms with Crippen LogP contribution in [0.2, 0.25) is 0 Å². The quantitative estimate of drug-likeness (QED) is 0.743. The topological polar surface area (TPSA) is 92.7 Å².